The predicted molar refractivity (Wildman–Crippen MR) is 74.0 cm³/mol. The first kappa shape index (κ1) is 14.8. The summed E-state index contributed by atoms with van der Waals surface area (Å²) < 4.78 is 5.85. The lowest BCUT2D eigenvalue weighted by Gasteiger charge is -2.26. The quantitative estimate of drug-likeness (QED) is 0.893. The number of hydrogen-bond donors (Lipinski definition) is 1. The highest BCUT2D eigenvalue weighted by Crippen LogP contribution is 2.26. The largest absolute Gasteiger partial charge is 0.359 e. The van der Waals surface area contributed by atoms with Crippen LogP contribution >= 0.6 is 24.0 Å². The van der Waals surface area contributed by atoms with Gasteiger partial charge in [-0.1, -0.05) is 23.7 Å². The number of nitrogens with one attached hydrogen (secondary N) is 1. The van der Waals surface area contributed by atoms with Gasteiger partial charge in [0.25, 0.3) is 0 Å². The second-order valence-corrected chi connectivity index (χ2v) is 5.77. The SMILES string of the molecule is CC1(C)COC(C)(Cc2cccc(Cl)c2)N1.Cl. The fraction of sp³-hybridized carbons (Fsp3) is 0.538. The molecule has 4 heteroatoms. The van der Waals surface area contributed by atoms with Gasteiger partial charge in [0.15, 0.2) is 0 Å². The first-order valence-corrected chi connectivity index (χ1v) is 5.94. The average Bonchev–Trinajstić information content (AvgIpc) is 2.40. The summed E-state index contributed by atoms with van der Waals surface area (Å²) in [5.74, 6) is 0. The smallest absolute Gasteiger partial charge is 0.121 e. The summed E-state index contributed by atoms with van der Waals surface area (Å²) in [7, 11) is 0. The fourth-order valence-electron chi connectivity index (χ4n) is 2.26. The molecular formula is C13H19Cl2NO. The van der Waals surface area contributed by atoms with Gasteiger partial charge in [-0.2, -0.15) is 0 Å². The van der Waals surface area contributed by atoms with E-state index in [1.807, 2.05) is 18.2 Å². The molecule has 0 aliphatic carbocycles. The van der Waals surface area contributed by atoms with Crippen molar-refractivity contribution in [3.63, 3.8) is 0 Å². The third kappa shape index (κ3) is 3.85. The maximum absolute atomic E-state index is 5.97. The molecule has 1 aliphatic heterocycles. The average molecular weight is 276 g/mol. The second kappa shape index (κ2) is 5.15. The summed E-state index contributed by atoms with van der Waals surface area (Å²) >= 11 is 5.97. The number of ether oxygens (including phenoxy) is 1. The van der Waals surface area contributed by atoms with Crippen LogP contribution in [0.25, 0.3) is 0 Å². The Morgan fingerprint density at radius 3 is 2.59 bits per heavy atom. The molecule has 0 bridgehead atoms. The van der Waals surface area contributed by atoms with Gasteiger partial charge < -0.3 is 4.74 Å². The van der Waals surface area contributed by atoms with E-state index in [2.05, 4.69) is 32.2 Å². The standard InChI is InChI=1S/C13H18ClNO.ClH/c1-12(2)9-16-13(3,15-12)8-10-5-4-6-11(14)7-10;/h4-7,15H,8-9H2,1-3H3;1H. The zero-order valence-electron chi connectivity index (χ0n) is 10.4. The van der Waals surface area contributed by atoms with Crippen LogP contribution in [0.5, 0.6) is 0 Å². The van der Waals surface area contributed by atoms with E-state index in [4.69, 9.17) is 16.3 Å². The molecule has 0 saturated carbocycles. The minimum absolute atomic E-state index is 0. The summed E-state index contributed by atoms with van der Waals surface area (Å²) in [6.45, 7) is 7.12. The topological polar surface area (TPSA) is 21.3 Å². The van der Waals surface area contributed by atoms with Gasteiger partial charge in [0.05, 0.1) is 6.61 Å². The van der Waals surface area contributed by atoms with Crippen molar-refractivity contribution in [2.24, 2.45) is 0 Å². The van der Waals surface area contributed by atoms with Crippen LogP contribution in [-0.2, 0) is 11.2 Å². The minimum atomic E-state index is -0.284. The molecule has 1 saturated heterocycles. The molecule has 1 heterocycles. The molecule has 1 N–H and O–H groups in total. The Labute approximate surface area is 114 Å². The molecule has 1 atom stereocenters. The van der Waals surface area contributed by atoms with Crippen molar-refractivity contribution in [1.29, 1.82) is 0 Å². The fourth-order valence-corrected chi connectivity index (χ4v) is 2.47. The molecule has 1 aromatic carbocycles. The van der Waals surface area contributed by atoms with E-state index in [0.29, 0.717) is 0 Å². The van der Waals surface area contributed by atoms with E-state index in [0.717, 1.165) is 18.1 Å². The van der Waals surface area contributed by atoms with Crippen molar-refractivity contribution in [1.82, 2.24) is 5.32 Å². The zero-order chi connectivity index (χ0) is 11.8. The van der Waals surface area contributed by atoms with Crippen molar-refractivity contribution in [2.45, 2.75) is 38.5 Å². The van der Waals surface area contributed by atoms with Crippen molar-refractivity contribution in [3.8, 4) is 0 Å². The van der Waals surface area contributed by atoms with Crippen LogP contribution in [-0.4, -0.2) is 17.9 Å². The van der Waals surface area contributed by atoms with E-state index in [9.17, 15) is 0 Å². The van der Waals surface area contributed by atoms with Crippen LogP contribution in [0.4, 0.5) is 0 Å². The molecule has 0 amide bonds. The van der Waals surface area contributed by atoms with Gasteiger partial charge in [0.1, 0.15) is 5.72 Å². The van der Waals surface area contributed by atoms with Gasteiger partial charge >= 0.3 is 0 Å². The number of halogens is 2. The molecule has 0 radical (unpaired) electrons. The van der Waals surface area contributed by atoms with Gasteiger partial charge in [0, 0.05) is 17.0 Å². The summed E-state index contributed by atoms with van der Waals surface area (Å²) in [6.07, 6.45) is 0.830. The van der Waals surface area contributed by atoms with Gasteiger partial charge in [-0.3, -0.25) is 5.32 Å². The highest BCUT2D eigenvalue weighted by molar-refractivity contribution is 6.30. The molecule has 1 fully saturated rings. The summed E-state index contributed by atoms with van der Waals surface area (Å²) in [5.41, 5.74) is 0.960. The lowest BCUT2D eigenvalue weighted by atomic mass is 10.0. The van der Waals surface area contributed by atoms with E-state index >= 15 is 0 Å². The number of rotatable bonds is 2. The van der Waals surface area contributed by atoms with E-state index < -0.39 is 0 Å². The summed E-state index contributed by atoms with van der Waals surface area (Å²) in [4.78, 5) is 0. The Morgan fingerprint density at radius 1 is 1.35 bits per heavy atom. The van der Waals surface area contributed by atoms with E-state index in [1.54, 1.807) is 0 Å². The lowest BCUT2D eigenvalue weighted by molar-refractivity contribution is 0.00670. The van der Waals surface area contributed by atoms with Gasteiger partial charge in [0.2, 0.25) is 0 Å². The molecule has 2 nitrogen and oxygen atoms in total. The Bertz CT molecular complexity index is 395. The van der Waals surface area contributed by atoms with Crippen molar-refractivity contribution >= 4 is 24.0 Å². The zero-order valence-corrected chi connectivity index (χ0v) is 12.0. The number of benzene rings is 1. The molecule has 1 aromatic rings. The van der Waals surface area contributed by atoms with Crippen LogP contribution in [0.1, 0.15) is 26.3 Å². The monoisotopic (exact) mass is 275 g/mol. The Hall–Kier alpha value is -0.280. The third-order valence-corrected chi connectivity index (χ3v) is 3.02. The van der Waals surface area contributed by atoms with E-state index in [1.165, 1.54) is 5.56 Å². The Balaban J connectivity index is 0.00000144. The lowest BCUT2D eigenvalue weighted by Crippen LogP contribution is -2.47. The highest BCUT2D eigenvalue weighted by atomic mass is 35.5. The number of hydrogen-bond acceptors (Lipinski definition) is 2. The Kier molecular flexibility index (Phi) is 4.48. The molecule has 2 rings (SSSR count). The summed E-state index contributed by atoms with van der Waals surface area (Å²) in [5, 5.41) is 4.29. The maximum atomic E-state index is 5.97. The van der Waals surface area contributed by atoms with Crippen molar-refractivity contribution < 1.29 is 4.74 Å². The highest BCUT2D eigenvalue weighted by Gasteiger charge is 2.39. The van der Waals surface area contributed by atoms with Crippen LogP contribution < -0.4 is 5.32 Å². The van der Waals surface area contributed by atoms with Crippen molar-refractivity contribution in [3.05, 3.63) is 34.9 Å². The molecule has 1 aliphatic rings. The second-order valence-electron chi connectivity index (χ2n) is 5.34. The van der Waals surface area contributed by atoms with Gasteiger partial charge in [-0.05, 0) is 38.5 Å². The predicted octanol–water partition coefficient (Wildman–Crippen LogP) is 3.42. The third-order valence-electron chi connectivity index (χ3n) is 2.78. The maximum Gasteiger partial charge on any atom is 0.121 e. The van der Waals surface area contributed by atoms with Crippen LogP contribution in [0.15, 0.2) is 24.3 Å². The van der Waals surface area contributed by atoms with Crippen LogP contribution in [0.2, 0.25) is 5.02 Å². The molecular weight excluding hydrogens is 257 g/mol. The van der Waals surface area contributed by atoms with Gasteiger partial charge in [-0.25, -0.2) is 0 Å². The Morgan fingerprint density at radius 2 is 2.06 bits per heavy atom. The minimum Gasteiger partial charge on any atom is -0.359 e. The van der Waals surface area contributed by atoms with Crippen molar-refractivity contribution in [2.75, 3.05) is 6.61 Å². The van der Waals surface area contributed by atoms with Crippen LogP contribution in [0, 0.1) is 0 Å². The normalized spacial score (nSPS) is 26.6. The molecule has 0 aromatic heterocycles. The molecule has 17 heavy (non-hydrogen) atoms. The van der Waals surface area contributed by atoms with Crippen LogP contribution in [0.3, 0.4) is 0 Å². The van der Waals surface area contributed by atoms with E-state index in [-0.39, 0.29) is 23.7 Å². The summed E-state index contributed by atoms with van der Waals surface area (Å²) in [6, 6.07) is 7.93. The van der Waals surface area contributed by atoms with Gasteiger partial charge in [-0.15, -0.1) is 12.4 Å². The first-order valence-electron chi connectivity index (χ1n) is 5.56. The molecule has 1 unspecified atom stereocenters. The molecule has 0 spiro atoms. The molecule has 96 valence electrons. The first-order chi connectivity index (χ1) is 7.39.